The molecule has 0 aromatic rings. The van der Waals surface area contributed by atoms with Crippen LogP contribution in [0, 0.1) is 22.7 Å². The number of ketones is 3. The molecule has 204 valence electrons. The number of ether oxygens (including phenoxy) is 3. The normalized spacial score (nSPS) is 35.3. The van der Waals surface area contributed by atoms with Gasteiger partial charge in [-0.3, -0.25) is 19.2 Å². The topological polar surface area (TPSA) is 116 Å². The van der Waals surface area contributed by atoms with Gasteiger partial charge < -0.3 is 19.1 Å². The molecule has 0 radical (unpaired) electrons. The highest BCUT2D eigenvalue weighted by Gasteiger charge is 2.67. The Bertz CT molecular complexity index is 1170. The number of nitrogens with zero attached hydrogens (tertiary/aromatic N) is 1. The standard InChI is InChI=1S/C29H35NO8/c1-7-11-30(12-8-2)14-17-23-26(34)25(33)22-18-9-10-20(32)28(18,4)13-19(37-16(3)31)24(22)29(23,5)21(15-36-6)38-27(17)35/h7-8,14,18-19,21,23H,1-2,9-13,15H2,3-6H3/t18-,19+,21+,23?,28-,29-/m0/s1. The van der Waals surface area contributed by atoms with Crippen LogP contribution >= 0.6 is 0 Å². The third-order valence-corrected chi connectivity index (χ3v) is 8.69. The van der Waals surface area contributed by atoms with Crippen LogP contribution in [0.3, 0.4) is 0 Å². The number of fused-ring (bicyclic) bond motifs is 4. The smallest absolute Gasteiger partial charge is 0.336 e. The van der Waals surface area contributed by atoms with Gasteiger partial charge >= 0.3 is 11.9 Å². The number of carbonyl (C=O) groups is 5. The van der Waals surface area contributed by atoms with E-state index in [1.165, 1.54) is 20.2 Å². The molecule has 4 rings (SSSR count). The molecule has 6 atom stereocenters. The van der Waals surface area contributed by atoms with Gasteiger partial charge in [0.2, 0.25) is 11.6 Å². The van der Waals surface area contributed by atoms with Crippen LogP contribution in [-0.4, -0.2) is 73.2 Å². The van der Waals surface area contributed by atoms with E-state index in [2.05, 4.69) is 13.2 Å². The third kappa shape index (κ3) is 4.08. The van der Waals surface area contributed by atoms with Crippen molar-refractivity contribution in [1.82, 2.24) is 4.90 Å². The fourth-order valence-corrected chi connectivity index (χ4v) is 7.01. The average molecular weight is 526 g/mol. The van der Waals surface area contributed by atoms with Gasteiger partial charge in [-0.1, -0.05) is 26.0 Å². The SMILES string of the molecule is C=CCN(C=C1C(=O)O[C@H](COC)[C@]2(C)C3=C(C(=O)C(=O)C12)[C@@H]1CCC(=O)[C@@]1(C)C[C@H]3OC(C)=O)CC=C. The second-order valence-corrected chi connectivity index (χ2v) is 10.9. The Morgan fingerprint density at radius 2 is 1.82 bits per heavy atom. The molecular weight excluding hydrogens is 490 g/mol. The molecule has 1 aliphatic heterocycles. The van der Waals surface area contributed by atoms with Gasteiger partial charge in [0, 0.05) is 68.5 Å². The summed E-state index contributed by atoms with van der Waals surface area (Å²) in [4.78, 5) is 68.3. The van der Waals surface area contributed by atoms with E-state index in [1.54, 1.807) is 30.9 Å². The van der Waals surface area contributed by atoms with Crippen molar-refractivity contribution in [3.05, 3.63) is 48.2 Å². The number of allylic oxidation sites excluding steroid dienone is 1. The maximum absolute atomic E-state index is 14.0. The molecular formula is C29H35NO8. The highest BCUT2D eigenvalue weighted by Crippen LogP contribution is 2.62. The van der Waals surface area contributed by atoms with E-state index in [0.29, 0.717) is 25.1 Å². The van der Waals surface area contributed by atoms with E-state index in [1.807, 2.05) is 0 Å². The number of esters is 2. The summed E-state index contributed by atoms with van der Waals surface area (Å²) in [6.07, 6.45) is 3.82. The van der Waals surface area contributed by atoms with Gasteiger partial charge in [0.25, 0.3) is 0 Å². The molecule has 3 aliphatic carbocycles. The highest BCUT2D eigenvalue weighted by atomic mass is 16.6. The first-order valence-corrected chi connectivity index (χ1v) is 12.9. The van der Waals surface area contributed by atoms with E-state index in [-0.39, 0.29) is 36.4 Å². The third-order valence-electron chi connectivity index (χ3n) is 8.69. The van der Waals surface area contributed by atoms with Crippen molar-refractivity contribution in [2.24, 2.45) is 22.7 Å². The fourth-order valence-electron chi connectivity index (χ4n) is 7.01. The van der Waals surface area contributed by atoms with Crippen molar-refractivity contribution < 1.29 is 38.2 Å². The molecule has 4 aliphatic rings. The summed E-state index contributed by atoms with van der Waals surface area (Å²) in [6, 6.07) is 0. The number of methoxy groups -OCH3 is 1. The summed E-state index contributed by atoms with van der Waals surface area (Å²) in [5.74, 6) is -4.47. The lowest BCUT2D eigenvalue weighted by molar-refractivity contribution is -0.174. The quantitative estimate of drug-likeness (QED) is 0.204. The Morgan fingerprint density at radius 1 is 1.16 bits per heavy atom. The van der Waals surface area contributed by atoms with Gasteiger partial charge in [-0.05, 0) is 12.0 Å². The largest absolute Gasteiger partial charge is 0.458 e. The second kappa shape index (κ2) is 10.1. The van der Waals surface area contributed by atoms with Gasteiger partial charge in [0.05, 0.1) is 18.1 Å². The van der Waals surface area contributed by atoms with Crippen LogP contribution in [0.2, 0.25) is 0 Å². The molecule has 0 spiro atoms. The van der Waals surface area contributed by atoms with Gasteiger partial charge in [0.15, 0.2) is 0 Å². The number of hydrogen-bond donors (Lipinski definition) is 0. The average Bonchev–Trinajstić information content (AvgIpc) is 3.13. The number of rotatable bonds is 8. The summed E-state index contributed by atoms with van der Waals surface area (Å²) >= 11 is 0. The molecule has 0 aromatic carbocycles. The minimum absolute atomic E-state index is 0.0210. The lowest BCUT2D eigenvalue weighted by atomic mass is 9.50. The molecule has 1 saturated heterocycles. The maximum atomic E-state index is 14.0. The monoisotopic (exact) mass is 525 g/mol. The lowest BCUT2D eigenvalue weighted by Crippen LogP contribution is -2.62. The van der Waals surface area contributed by atoms with E-state index in [4.69, 9.17) is 14.2 Å². The Balaban J connectivity index is 2.01. The van der Waals surface area contributed by atoms with Crippen molar-refractivity contribution in [1.29, 1.82) is 0 Å². The summed E-state index contributed by atoms with van der Waals surface area (Å²) in [5, 5.41) is 0. The first kappa shape index (κ1) is 27.7. The molecule has 9 heteroatoms. The van der Waals surface area contributed by atoms with E-state index >= 15 is 0 Å². The molecule has 0 bridgehead atoms. The number of carbonyl (C=O) groups excluding carboxylic acids is 5. The van der Waals surface area contributed by atoms with Crippen LogP contribution in [0.5, 0.6) is 0 Å². The first-order chi connectivity index (χ1) is 17.9. The van der Waals surface area contributed by atoms with Gasteiger partial charge in [0.1, 0.15) is 18.0 Å². The van der Waals surface area contributed by atoms with Crippen LogP contribution in [0.4, 0.5) is 0 Å². The van der Waals surface area contributed by atoms with Crippen molar-refractivity contribution in [3.8, 4) is 0 Å². The molecule has 38 heavy (non-hydrogen) atoms. The Labute approximate surface area is 222 Å². The molecule has 1 saturated carbocycles. The van der Waals surface area contributed by atoms with Crippen molar-refractivity contribution in [3.63, 3.8) is 0 Å². The molecule has 1 unspecified atom stereocenters. The zero-order valence-corrected chi connectivity index (χ0v) is 22.4. The maximum Gasteiger partial charge on any atom is 0.336 e. The van der Waals surface area contributed by atoms with Crippen LogP contribution in [0.25, 0.3) is 0 Å². The molecule has 0 aromatic heterocycles. The number of cyclic esters (lactones) is 1. The van der Waals surface area contributed by atoms with E-state index < -0.39 is 58.4 Å². The van der Waals surface area contributed by atoms with E-state index in [9.17, 15) is 24.0 Å². The molecule has 2 fully saturated rings. The summed E-state index contributed by atoms with van der Waals surface area (Å²) in [5.41, 5.74) is -1.47. The van der Waals surface area contributed by atoms with Gasteiger partial charge in [-0.15, -0.1) is 13.2 Å². The minimum Gasteiger partial charge on any atom is -0.458 e. The molecule has 0 N–H and O–H groups in total. The molecule has 0 amide bonds. The van der Waals surface area contributed by atoms with Crippen molar-refractivity contribution >= 4 is 29.3 Å². The van der Waals surface area contributed by atoms with Gasteiger partial charge in [-0.25, -0.2) is 4.79 Å². The van der Waals surface area contributed by atoms with Crippen LogP contribution in [0.15, 0.2) is 48.2 Å². The Kier molecular flexibility index (Phi) is 7.36. The summed E-state index contributed by atoms with van der Waals surface area (Å²) < 4.78 is 17.1. The van der Waals surface area contributed by atoms with Crippen LogP contribution < -0.4 is 0 Å². The van der Waals surface area contributed by atoms with Crippen molar-refractivity contribution in [2.45, 2.75) is 52.2 Å². The fraction of sp³-hybridized carbons (Fsp3) is 0.552. The first-order valence-electron chi connectivity index (χ1n) is 12.9. The van der Waals surface area contributed by atoms with E-state index in [0.717, 1.165) is 0 Å². The second-order valence-electron chi connectivity index (χ2n) is 10.9. The van der Waals surface area contributed by atoms with Crippen LogP contribution in [0.1, 0.15) is 40.0 Å². The minimum atomic E-state index is -1.25. The molecule has 1 heterocycles. The Hall–Kier alpha value is -3.33. The highest BCUT2D eigenvalue weighted by molar-refractivity contribution is 6.47. The zero-order valence-electron chi connectivity index (χ0n) is 22.4. The molecule has 9 nitrogen and oxygen atoms in total. The van der Waals surface area contributed by atoms with Crippen molar-refractivity contribution in [2.75, 3.05) is 26.8 Å². The van der Waals surface area contributed by atoms with Gasteiger partial charge in [-0.2, -0.15) is 0 Å². The zero-order chi connectivity index (χ0) is 28.0. The number of Topliss-reactive ketones (excluding diaryl/α,β-unsaturated/α-hetero) is 3. The predicted molar refractivity (Wildman–Crippen MR) is 136 cm³/mol. The summed E-state index contributed by atoms with van der Waals surface area (Å²) in [6.45, 7) is 13.0. The van der Waals surface area contributed by atoms with Crippen LogP contribution in [-0.2, 0) is 38.2 Å². The predicted octanol–water partition coefficient (Wildman–Crippen LogP) is 2.51. The Morgan fingerprint density at radius 3 is 2.39 bits per heavy atom. The summed E-state index contributed by atoms with van der Waals surface area (Å²) in [7, 11) is 1.45. The number of hydrogen-bond acceptors (Lipinski definition) is 9. The lowest BCUT2D eigenvalue weighted by Gasteiger charge is -2.55.